The van der Waals surface area contributed by atoms with Crippen molar-refractivity contribution in [3.63, 3.8) is 0 Å². The Kier molecular flexibility index (Phi) is 6.06. The monoisotopic (exact) mass is 374 g/mol. The number of piperazine rings is 1. The van der Waals surface area contributed by atoms with E-state index in [9.17, 15) is 4.79 Å². The Balaban J connectivity index is 0.00000196. The molecule has 0 amide bonds. The van der Waals surface area contributed by atoms with Crippen molar-refractivity contribution < 1.29 is 9.53 Å². The van der Waals surface area contributed by atoms with Crippen molar-refractivity contribution in [1.82, 2.24) is 14.9 Å². The number of hydrogen-bond donors (Lipinski definition) is 0. The number of benzene rings is 1. The molecule has 1 unspecified atom stereocenters. The lowest BCUT2D eigenvalue weighted by molar-refractivity contribution is 0.0358. The van der Waals surface area contributed by atoms with Gasteiger partial charge in [-0.05, 0) is 31.5 Å². The van der Waals surface area contributed by atoms with E-state index in [1.54, 1.807) is 12.4 Å². The van der Waals surface area contributed by atoms with E-state index in [1.807, 2.05) is 30.3 Å². The van der Waals surface area contributed by atoms with E-state index in [1.165, 1.54) is 0 Å². The van der Waals surface area contributed by atoms with Crippen molar-refractivity contribution in [3.8, 4) is 0 Å². The second kappa shape index (κ2) is 8.47. The maximum Gasteiger partial charge on any atom is 0.339 e. The van der Waals surface area contributed by atoms with Crippen LogP contribution in [0.15, 0.2) is 42.7 Å². The highest BCUT2D eigenvalue weighted by Crippen LogP contribution is 2.33. The first-order chi connectivity index (χ1) is 12.3. The largest absolute Gasteiger partial charge is 0.454 e. The molecule has 3 heterocycles. The molecule has 2 aliphatic heterocycles. The highest BCUT2D eigenvalue weighted by atomic mass is 35.5. The molecule has 0 spiro atoms. The standard InChI is InChI=1S/C19H22N4O2.ClH/c24-18-16-6-2-1-5-15(16)17(25-18)7-3-10-22-11-13-23(14-12-22)19-20-8-4-9-21-19;/h1-2,4-6,8-9,17H,3,7,10-14H2;1H. The van der Waals surface area contributed by atoms with Gasteiger partial charge in [-0.15, -0.1) is 12.4 Å². The van der Waals surface area contributed by atoms with Crippen LogP contribution in [0, 0.1) is 0 Å². The molecule has 1 saturated heterocycles. The van der Waals surface area contributed by atoms with Crippen LogP contribution in [-0.2, 0) is 4.74 Å². The van der Waals surface area contributed by atoms with Crippen molar-refractivity contribution >= 4 is 24.3 Å². The first-order valence-electron chi connectivity index (χ1n) is 8.85. The minimum absolute atomic E-state index is 0. The normalized spacial score (nSPS) is 19.6. The molecule has 7 heteroatoms. The number of anilines is 1. The molecule has 6 nitrogen and oxygen atoms in total. The van der Waals surface area contributed by atoms with E-state index in [-0.39, 0.29) is 24.5 Å². The van der Waals surface area contributed by atoms with Gasteiger partial charge in [0, 0.05) is 44.1 Å². The lowest BCUT2D eigenvalue weighted by atomic mass is 10.0. The Morgan fingerprint density at radius 3 is 2.54 bits per heavy atom. The number of halogens is 1. The molecule has 1 atom stereocenters. The van der Waals surface area contributed by atoms with Crippen LogP contribution in [-0.4, -0.2) is 53.6 Å². The summed E-state index contributed by atoms with van der Waals surface area (Å²) in [6.07, 6.45) is 5.40. The van der Waals surface area contributed by atoms with Crippen molar-refractivity contribution in [2.75, 3.05) is 37.6 Å². The van der Waals surface area contributed by atoms with Crippen LogP contribution < -0.4 is 4.90 Å². The second-order valence-electron chi connectivity index (χ2n) is 6.50. The summed E-state index contributed by atoms with van der Waals surface area (Å²) in [5, 5.41) is 0. The number of carbonyl (C=O) groups excluding carboxylic acids is 1. The van der Waals surface area contributed by atoms with Crippen molar-refractivity contribution in [3.05, 3.63) is 53.9 Å². The summed E-state index contributed by atoms with van der Waals surface area (Å²) < 4.78 is 5.51. The molecule has 2 aliphatic rings. The van der Waals surface area contributed by atoms with Gasteiger partial charge in [-0.1, -0.05) is 18.2 Å². The second-order valence-corrected chi connectivity index (χ2v) is 6.50. The molecule has 4 rings (SSSR count). The zero-order valence-electron chi connectivity index (χ0n) is 14.6. The Bertz CT molecular complexity index is 735. The zero-order chi connectivity index (χ0) is 17.1. The number of fused-ring (bicyclic) bond motifs is 1. The molecule has 138 valence electrons. The Morgan fingerprint density at radius 2 is 1.77 bits per heavy atom. The molecule has 0 bridgehead atoms. The minimum atomic E-state index is -0.183. The van der Waals surface area contributed by atoms with Crippen LogP contribution in [0.4, 0.5) is 5.95 Å². The summed E-state index contributed by atoms with van der Waals surface area (Å²) in [5.74, 6) is 0.633. The van der Waals surface area contributed by atoms with E-state index in [2.05, 4.69) is 19.8 Å². The summed E-state index contributed by atoms with van der Waals surface area (Å²) in [5.41, 5.74) is 1.77. The number of rotatable bonds is 5. The van der Waals surface area contributed by atoms with Crippen molar-refractivity contribution in [2.45, 2.75) is 18.9 Å². The summed E-state index contributed by atoms with van der Waals surface area (Å²) in [6.45, 7) is 4.95. The van der Waals surface area contributed by atoms with Gasteiger partial charge in [0.25, 0.3) is 0 Å². The van der Waals surface area contributed by atoms with Gasteiger partial charge in [0.05, 0.1) is 5.56 Å². The van der Waals surface area contributed by atoms with Gasteiger partial charge in [-0.25, -0.2) is 14.8 Å². The number of ether oxygens (including phenoxy) is 1. The van der Waals surface area contributed by atoms with Crippen LogP contribution in [0.2, 0.25) is 0 Å². The molecule has 0 radical (unpaired) electrons. The van der Waals surface area contributed by atoms with Gasteiger partial charge in [-0.3, -0.25) is 4.90 Å². The topological polar surface area (TPSA) is 58.6 Å². The summed E-state index contributed by atoms with van der Waals surface area (Å²) in [6, 6.07) is 9.55. The van der Waals surface area contributed by atoms with Crippen LogP contribution in [0.1, 0.15) is 34.9 Å². The number of hydrogen-bond acceptors (Lipinski definition) is 6. The third-order valence-electron chi connectivity index (χ3n) is 4.92. The average molecular weight is 375 g/mol. The minimum Gasteiger partial charge on any atom is -0.454 e. The third kappa shape index (κ3) is 3.97. The molecule has 0 aliphatic carbocycles. The first-order valence-corrected chi connectivity index (χ1v) is 8.85. The number of esters is 1. The Labute approximate surface area is 159 Å². The summed E-state index contributed by atoms with van der Waals surface area (Å²) in [4.78, 5) is 25.2. The van der Waals surface area contributed by atoms with Gasteiger partial charge in [0.15, 0.2) is 0 Å². The average Bonchev–Trinajstić information content (AvgIpc) is 2.99. The number of cyclic esters (lactones) is 1. The molecule has 2 aromatic rings. The lowest BCUT2D eigenvalue weighted by Crippen LogP contribution is -2.47. The molecule has 1 fully saturated rings. The fourth-order valence-electron chi connectivity index (χ4n) is 3.56. The predicted octanol–water partition coefficient (Wildman–Crippen LogP) is 2.71. The number of nitrogens with zero attached hydrogens (tertiary/aromatic N) is 4. The van der Waals surface area contributed by atoms with Crippen LogP contribution in [0.25, 0.3) is 0 Å². The van der Waals surface area contributed by atoms with E-state index in [4.69, 9.17) is 4.74 Å². The zero-order valence-corrected chi connectivity index (χ0v) is 15.4. The molecule has 26 heavy (non-hydrogen) atoms. The van der Waals surface area contributed by atoms with Gasteiger partial charge in [-0.2, -0.15) is 0 Å². The molecule has 1 aromatic heterocycles. The predicted molar refractivity (Wildman–Crippen MR) is 102 cm³/mol. The number of carbonyl (C=O) groups is 1. The SMILES string of the molecule is Cl.O=C1OC(CCCN2CCN(c3ncccn3)CC2)c2ccccc21. The smallest absolute Gasteiger partial charge is 0.339 e. The molecule has 0 saturated carbocycles. The van der Waals surface area contributed by atoms with E-state index < -0.39 is 0 Å². The van der Waals surface area contributed by atoms with E-state index in [0.717, 1.165) is 62.6 Å². The molecule has 0 N–H and O–H groups in total. The Morgan fingerprint density at radius 1 is 1.04 bits per heavy atom. The molecule has 1 aromatic carbocycles. The van der Waals surface area contributed by atoms with Gasteiger partial charge in [0.1, 0.15) is 6.10 Å². The highest BCUT2D eigenvalue weighted by Gasteiger charge is 2.30. The lowest BCUT2D eigenvalue weighted by Gasteiger charge is -2.34. The third-order valence-corrected chi connectivity index (χ3v) is 4.92. The quantitative estimate of drug-likeness (QED) is 0.750. The fraction of sp³-hybridized carbons (Fsp3) is 0.421. The van der Waals surface area contributed by atoms with Gasteiger partial charge >= 0.3 is 5.97 Å². The van der Waals surface area contributed by atoms with E-state index in [0.29, 0.717) is 0 Å². The van der Waals surface area contributed by atoms with Crippen LogP contribution in [0.3, 0.4) is 0 Å². The van der Waals surface area contributed by atoms with E-state index >= 15 is 0 Å². The molecular formula is C19H23ClN4O2. The Hall–Kier alpha value is -2.18. The van der Waals surface area contributed by atoms with Crippen LogP contribution >= 0.6 is 12.4 Å². The first kappa shape index (κ1) is 18.6. The molecular weight excluding hydrogens is 352 g/mol. The highest BCUT2D eigenvalue weighted by molar-refractivity contribution is 5.93. The van der Waals surface area contributed by atoms with Gasteiger partial charge < -0.3 is 9.64 Å². The maximum absolute atomic E-state index is 11.9. The van der Waals surface area contributed by atoms with Crippen molar-refractivity contribution in [2.24, 2.45) is 0 Å². The van der Waals surface area contributed by atoms with Crippen LogP contribution in [0.5, 0.6) is 0 Å². The van der Waals surface area contributed by atoms with Crippen molar-refractivity contribution in [1.29, 1.82) is 0 Å². The number of aromatic nitrogens is 2. The summed E-state index contributed by atoms with van der Waals surface area (Å²) in [7, 11) is 0. The summed E-state index contributed by atoms with van der Waals surface area (Å²) >= 11 is 0. The van der Waals surface area contributed by atoms with Gasteiger partial charge in [0.2, 0.25) is 5.95 Å². The fourth-order valence-corrected chi connectivity index (χ4v) is 3.56. The maximum atomic E-state index is 11.9.